The Morgan fingerprint density at radius 1 is 1.04 bits per heavy atom. The minimum absolute atomic E-state index is 0.0938. The second kappa shape index (κ2) is 9.29. The van der Waals surface area contributed by atoms with E-state index in [0.717, 1.165) is 0 Å². The van der Waals surface area contributed by atoms with Crippen LogP contribution in [0.15, 0.2) is 4.99 Å². The molecule has 1 atom stereocenters. The lowest BCUT2D eigenvalue weighted by Crippen LogP contribution is -2.54. The van der Waals surface area contributed by atoms with E-state index in [1.807, 2.05) is 5.32 Å². The minimum atomic E-state index is -2.77. The maximum atomic E-state index is 12.0. The van der Waals surface area contributed by atoms with Crippen molar-refractivity contribution in [3.63, 3.8) is 0 Å². The van der Waals surface area contributed by atoms with Gasteiger partial charge in [-0.3, -0.25) is 19.4 Å². The predicted octanol–water partition coefficient (Wildman–Crippen LogP) is -2.71. The first-order valence-electron chi connectivity index (χ1n) is 6.73. The molecular weight excluding hydrogens is 328 g/mol. The average molecular weight is 348 g/mol. The van der Waals surface area contributed by atoms with Crippen LogP contribution in [0.5, 0.6) is 0 Å². The van der Waals surface area contributed by atoms with E-state index in [-0.39, 0.29) is 25.3 Å². The lowest BCUT2D eigenvalue weighted by Gasteiger charge is -2.25. The molecule has 0 saturated carbocycles. The molecule has 0 aromatic rings. The predicted molar refractivity (Wildman–Crippen MR) is 78.9 cm³/mol. The highest BCUT2D eigenvalue weighted by Crippen LogP contribution is 2.17. The molecule has 0 rings (SSSR count). The molecule has 0 aromatic heterocycles. The number of aliphatic imine (C=N–C) groups is 1. The largest absolute Gasteiger partial charge is 0.481 e. The fourth-order valence-corrected chi connectivity index (χ4v) is 1.78. The summed E-state index contributed by atoms with van der Waals surface area (Å²) in [7, 11) is 0. The molecule has 1 amide bonds. The lowest BCUT2D eigenvalue weighted by atomic mass is 9.93. The molecule has 0 radical (unpaired) electrons. The first-order valence-corrected chi connectivity index (χ1v) is 6.73. The van der Waals surface area contributed by atoms with Crippen LogP contribution in [-0.2, 0) is 19.2 Å². The topological polar surface area (TPSA) is 226 Å². The van der Waals surface area contributed by atoms with Gasteiger partial charge in [0.2, 0.25) is 0 Å². The van der Waals surface area contributed by atoms with Crippen molar-refractivity contribution in [2.24, 2.45) is 16.5 Å². The van der Waals surface area contributed by atoms with Gasteiger partial charge < -0.3 is 37.2 Å². The summed E-state index contributed by atoms with van der Waals surface area (Å²) in [6.07, 6.45) is -2.32. The number of carboxylic acid groups (broad SMARTS) is 3. The number of aliphatic carboxylic acids is 3. The van der Waals surface area contributed by atoms with Gasteiger partial charge in [0, 0.05) is 6.54 Å². The highest BCUT2D eigenvalue weighted by molar-refractivity contribution is 5.94. The third-order valence-corrected chi connectivity index (χ3v) is 2.86. The van der Waals surface area contributed by atoms with Crippen LogP contribution in [-0.4, -0.2) is 68.4 Å². The number of carboxylic acids is 3. The summed E-state index contributed by atoms with van der Waals surface area (Å²) in [5, 5.41) is 38.3. The molecule has 9 N–H and O–H groups in total. The number of nitrogens with one attached hydrogen (secondary N) is 1. The Hall–Kier alpha value is -2.89. The molecule has 0 aliphatic heterocycles. The highest BCUT2D eigenvalue weighted by Gasteiger charge is 2.42. The summed E-state index contributed by atoms with van der Waals surface area (Å²) < 4.78 is 0. The van der Waals surface area contributed by atoms with E-state index in [0.29, 0.717) is 0 Å². The standard InChI is InChI=1S/C12H20N4O8/c13-11(14)15-3-1-2-6(9(21)22)16-10(23)12(24,4-7(17)18)5-8(19)20/h6,24H,1-5H2,(H,16,23)(H,17,18)(H,19,20)(H,21,22)(H4,13,14,15). The second-order valence-corrected chi connectivity index (χ2v) is 4.99. The van der Waals surface area contributed by atoms with E-state index in [2.05, 4.69) is 4.99 Å². The third kappa shape index (κ3) is 7.93. The number of nitrogens with two attached hydrogens (primary N) is 2. The van der Waals surface area contributed by atoms with Crippen LogP contribution in [0.3, 0.4) is 0 Å². The summed E-state index contributed by atoms with van der Waals surface area (Å²) in [4.78, 5) is 48.1. The maximum Gasteiger partial charge on any atom is 0.326 e. The second-order valence-electron chi connectivity index (χ2n) is 4.99. The summed E-state index contributed by atoms with van der Waals surface area (Å²) in [5.41, 5.74) is 7.42. The molecule has 12 heteroatoms. The van der Waals surface area contributed by atoms with Crippen LogP contribution in [0.4, 0.5) is 0 Å². The maximum absolute atomic E-state index is 12.0. The number of carbonyl (C=O) groups is 4. The summed E-state index contributed by atoms with van der Waals surface area (Å²) in [6, 6.07) is -1.47. The van der Waals surface area contributed by atoms with Gasteiger partial charge in [-0.25, -0.2) is 4.79 Å². The first kappa shape index (κ1) is 21.1. The van der Waals surface area contributed by atoms with E-state index in [1.165, 1.54) is 0 Å². The molecule has 0 fully saturated rings. The van der Waals surface area contributed by atoms with Gasteiger partial charge in [-0.05, 0) is 12.8 Å². The Labute approximate surface area is 136 Å². The van der Waals surface area contributed by atoms with Crippen molar-refractivity contribution in [2.45, 2.75) is 37.3 Å². The monoisotopic (exact) mass is 348 g/mol. The van der Waals surface area contributed by atoms with Crippen molar-refractivity contribution in [1.82, 2.24) is 5.32 Å². The van der Waals surface area contributed by atoms with Gasteiger partial charge in [0.15, 0.2) is 11.6 Å². The molecule has 1 unspecified atom stereocenters. The lowest BCUT2D eigenvalue weighted by molar-refractivity contribution is -0.160. The van der Waals surface area contributed by atoms with Crippen molar-refractivity contribution < 1.29 is 39.6 Å². The first-order chi connectivity index (χ1) is 11.0. The van der Waals surface area contributed by atoms with Crippen molar-refractivity contribution in [3.8, 4) is 0 Å². The number of hydrogen-bond donors (Lipinski definition) is 7. The van der Waals surface area contributed by atoms with E-state index in [9.17, 15) is 24.3 Å². The van der Waals surface area contributed by atoms with Crippen LogP contribution in [0, 0.1) is 0 Å². The van der Waals surface area contributed by atoms with Gasteiger partial charge in [-0.2, -0.15) is 0 Å². The van der Waals surface area contributed by atoms with E-state index in [4.69, 9.17) is 26.8 Å². The zero-order valence-corrected chi connectivity index (χ0v) is 12.6. The molecule has 0 aliphatic rings. The van der Waals surface area contributed by atoms with Crippen LogP contribution in [0.1, 0.15) is 25.7 Å². The van der Waals surface area contributed by atoms with Gasteiger partial charge in [0.25, 0.3) is 5.91 Å². The van der Waals surface area contributed by atoms with Crippen molar-refractivity contribution in [2.75, 3.05) is 6.54 Å². The zero-order valence-electron chi connectivity index (χ0n) is 12.6. The van der Waals surface area contributed by atoms with Gasteiger partial charge >= 0.3 is 17.9 Å². The van der Waals surface area contributed by atoms with Gasteiger partial charge in [-0.1, -0.05) is 0 Å². The molecule has 0 heterocycles. The summed E-state index contributed by atoms with van der Waals surface area (Å²) in [5.74, 6) is -6.27. The van der Waals surface area contributed by atoms with Crippen molar-refractivity contribution in [3.05, 3.63) is 0 Å². The SMILES string of the molecule is NC(N)=NCCCC(NC(=O)C(O)(CC(=O)O)CC(=O)O)C(=O)O. The fourth-order valence-electron chi connectivity index (χ4n) is 1.78. The Bertz CT molecular complexity index is 513. The number of hydrogen-bond acceptors (Lipinski definition) is 6. The molecular formula is C12H20N4O8. The van der Waals surface area contributed by atoms with Crippen LogP contribution >= 0.6 is 0 Å². The molecule has 0 aliphatic carbocycles. The summed E-state index contributed by atoms with van der Waals surface area (Å²) >= 11 is 0. The molecule has 0 saturated heterocycles. The number of carbonyl (C=O) groups excluding carboxylic acids is 1. The Morgan fingerprint density at radius 2 is 1.54 bits per heavy atom. The molecule has 0 bridgehead atoms. The van der Waals surface area contributed by atoms with Crippen LogP contribution in [0.2, 0.25) is 0 Å². The molecule has 0 aromatic carbocycles. The van der Waals surface area contributed by atoms with Gasteiger partial charge in [-0.15, -0.1) is 0 Å². The average Bonchev–Trinajstić information content (AvgIpc) is 2.39. The number of rotatable bonds is 11. The van der Waals surface area contributed by atoms with Gasteiger partial charge in [0.05, 0.1) is 12.8 Å². The van der Waals surface area contributed by atoms with Gasteiger partial charge in [0.1, 0.15) is 6.04 Å². The number of nitrogens with zero attached hydrogens (tertiary/aromatic N) is 1. The van der Waals surface area contributed by atoms with Crippen LogP contribution < -0.4 is 16.8 Å². The fraction of sp³-hybridized carbons (Fsp3) is 0.583. The van der Waals surface area contributed by atoms with E-state index >= 15 is 0 Å². The number of aliphatic hydroxyl groups is 1. The van der Waals surface area contributed by atoms with E-state index in [1.54, 1.807) is 0 Å². The molecule has 12 nitrogen and oxygen atoms in total. The quantitative estimate of drug-likeness (QED) is 0.116. The minimum Gasteiger partial charge on any atom is -0.481 e. The van der Waals surface area contributed by atoms with Crippen molar-refractivity contribution in [1.29, 1.82) is 0 Å². The highest BCUT2D eigenvalue weighted by atomic mass is 16.4. The number of guanidine groups is 1. The normalized spacial score (nSPS) is 12.0. The third-order valence-electron chi connectivity index (χ3n) is 2.86. The van der Waals surface area contributed by atoms with Crippen molar-refractivity contribution >= 4 is 29.8 Å². The summed E-state index contributed by atoms with van der Waals surface area (Å²) in [6.45, 7) is 0.0938. The Morgan fingerprint density at radius 3 is 1.92 bits per heavy atom. The Kier molecular flexibility index (Phi) is 8.18. The zero-order chi connectivity index (χ0) is 18.9. The molecule has 0 spiro atoms. The smallest absolute Gasteiger partial charge is 0.326 e. The number of amides is 1. The van der Waals surface area contributed by atoms with Crippen LogP contribution in [0.25, 0.3) is 0 Å². The van der Waals surface area contributed by atoms with E-state index < -0.39 is 48.3 Å². The molecule has 24 heavy (non-hydrogen) atoms. The Balaban J connectivity index is 4.98. The molecule has 136 valence electrons.